The number of nitrogens with zero attached hydrogens (tertiary/aromatic N) is 3. The molecule has 0 unspecified atom stereocenters. The number of pyridine rings is 1. The van der Waals surface area contributed by atoms with E-state index < -0.39 is 5.91 Å². The van der Waals surface area contributed by atoms with Crippen molar-refractivity contribution in [1.29, 1.82) is 0 Å². The van der Waals surface area contributed by atoms with E-state index in [2.05, 4.69) is 33.6 Å². The fraction of sp³-hybridized carbons (Fsp3) is 0.577. The number of carbonyl (C=O) groups is 2. The van der Waals surface area contributed by atoms with Crippen LogP contribution in [0.15, 0.2) is 41.4 Å². The summed E-state index contributed by atoms with van der Waals surface area (Å²) in [4.78, 5) is 31.6. The fourth-order valence-electron chi connectivity index (χ4n) is 4.91. The summed E-state index contributed by atoms with van der Waals surface area (Å²) in [5.41, 5.74) is 2.75. The van der Waals surface area contributed by atoms with Crippen LogP contribution in [0.25, 0.3) is 10.9 Å². The van der Waals surface area contributed by atoms with Crippen LogP contribution < -0.4 is 5.48 Å². The number of hydrogen-bond acceptors (Lipinski definition) is 6. The lowest BCUT2D eigenvalue weighted by atomic mass is 9.89. The maximum atomic E-state index is 12.6. The number of piperidine rings is 1. The first-order valence-electron chi connectivity index (χ1n) is 12.4. The molecule has 4 rings (SSSR count). The molecule has 1 aromatic carbocycles. The van der Waals surface area contributed by atoms with Gasteiger partial charge >= 0.3 is 0 Å². The SMILES string of the molecule is CN(C)Sc1cccc2cccnc12.O=C(C[C@@H](CC1CCCC1)C(=O)N1CCCCC1)NO. The summed E-state index contributed by atoms with van der Waals surface area (Å²) in [6.07, 6.45) is 10.9. The van der Waals surface area contributed by atoms with Crippen molar-refractivity contribution in [2.24, 2.45) is 11.8 Å². The Hall–Kier alpha value is -2.16. The average molecular weight is 487 g/mol. The monoisotopic (exact) mass is 486 g/mol. The van der Waals surface area contributed by atoms with E-state index in [4.69, 9.17) is 5.21 Å². The van der Waals surface area contributed by atoms with Crippen molar-refractivity contribution in [3.05, 3.63) is 36.5 Å². The summed E-state index contributed by atoms with van der Waals surface area (Å²) in [5, 5.41) is 9.91. The van der Waals surface area contributed by atoms with E-state index in [0.29, 0.717) is 5.92 Å². The maximum absolute atomic E-state index is 12.6. The minimum atomic E-state index is -0.446. The molecule has 1 aliphatic carbocycles. The molecule has 7 nitrogen and oxygen atoms in total. The Labute approximate surface area is 207 Å². The van der Waals surface area contributed by atoms with Gasteiger partial charge in [-0.2, -0.15) is 0 Å². The Kier molecular flexibility index (Phi) is 10.6. The topological polar surface area (TPSA) is 85.8 Å². The second kappa shape index (κ2) is 13.7. The quantitative estimate of drug-likeness (QED) is 0.329. The molecule has 0 radical (unpaired) electrons. The Morgan fingerprint density at radius 1 is 1.12 bits per heavy atom. The molecule has 0 bridgehead atoms. The van der Waals surface area contributed by atoms with Gasteiger partial charge in [0.2, 0.25) is 11.8 Å². The third-order valence-corrected chi connectivity index (χ3v) is 7.43. The number of hydrogen-bond donors (Lipinski definition) is 2. The Balaban J connectivity index is 0.000000202. The molecule has 2 N–H and O–H groups in total. The highest BCUT2D eigenvalue weighted by Gasteiger charge is 2.30. The van der Waals surface area contributed by atoms with Crippen molar-refractivity contribution in [2.75, 3.05) is 27.2 Å². The van der Waals surface area contributed by atoms with E-state index in [0.717, 1.165) is 37.9 Å². The molecule has 1 aromatic heterocycles. The molecular weight excluding hydrogens is 448 g/mol. The number of nitrogens with one attached hydrogen (secondary N) is 1. The lowest BCUT2D eigenvalue weighted by Crippen LogP contribution is -2.41. The number of aromatic nitrogens is 1. The van der Waals surface area contributed by atoms with Crippen molar-refractivity contribution in [1.82, 2.24) is 19.7 Å². The van der Waals surface area contributed by atoms with Crippen LogP contribution in [0, 0.1) is 11.8 Å². The molecule has 0 spiro atoms. The summed E-state index contributed by atoms with van der Waals surface area (Å²) >= 11 is 1.70. The predicted octanol–water partition coefficient (Wildman–Crippen LogP) is 4.89. The molecule has 1 saturated heterocycles. The third kappa shape index (κ3) is 7.96. The Morgan fingerprint density at radius 3 is 2.50 bits per heavy atom. The number of amides is 2. The number of hydroxylamine groups is 1. The molecule has 1 aliphatic heterocycles. The highest BCUT2D eigenvalue weighted by molar-refractivity contribution is 7.97. The van der Waals surface area contributed by atoms with Gasteiger partial charge in [0, 0.05) is 41.9 Å². The van der Waals surface area contributed by atoms with Gasteiger partial charge in [-0.3, -0.25) is 24.1 Å². The first kappa shape index (κ1) is 26.4. The summed E-state index contributed by atoms with van der Waals surface area (Å²) in [7, 11) is 4.07. The summed E-state index contributed by atoms with van der Waals surface area (Å²) < 4.78 is 2.07. The molecule has 8 heteroatoms. The molecule has 2 aromatic rings. The molecule has 34 heavy (non-hydrogen) atoms. The van der Waals surface area contributed by atoms with Gasteiger partial charge in [-0.15, -0.1) is 0 Å². The molecule has 186 valence electrons. The van der Waals surface area contributed by atoms with Crippen molar-refractivity contribution < 1.29 is 14.8 Å². The fourth-order valence-corrected chi connectivity index (χ4v) is 5.70. The van der Waals surface area contributed by atoms with E-state index in [1.165, 1.54) is 42.4 Å². The predicted molar refractivity (Wildman–Crippen MR) is 136 cm³/mol. The van der Waals surface area contributed by atoms with Crippen molar-refractivity contribution in [2.45, 2.75) is 62.7 Å². The van der Waals surface area contributed by atoms with Gasteiger partial charge in [-0.05, 0) is 69.8 Å². The Bertz CT molecular complexity index is 922. The smallest absolute Gasteiger partial charge is 0.244 e. The second-order valence-electron chi connectivity index (χ2n) is 9.44. The molecular formula is C26H38N4O3S. The van der Waals surface area contributed by atoms with Crippen molar-refractivity contribution in [3.8, 4) is 0 Å². The molecule has 2 amide bonds. The summed E-state index contributed by atoms with van der Waals surface area (Å²) in [6, 6.07) is 10.3. The zero-order valence-corrected chi connectivity index (χ0v) is 21.2. The highest BCUT2D eigenvalue weighted by Crippen LogP contribution is 2.32. The molecule has 1 atom stereocenters. The van der Waals surface area contributed by atoms with E-state index in [-0.39, 0.29) is 18.2 Å². The van der Waals surface area contributed by atoms with Crippen molar-refractivity contribution >= 4 is 34.7 Å². The zero-order chi connectivity index (χ0) is 24.3. The number of rotatable bonds is 7. The van der Waals surface area contributed by atoms with Gasteiger partial charge in [0.25, 0.3) is 0 Å². The van der Waals surface area contributed by atoms with Crippen LogP contribution in [-0.4, -0.2) is 58.4 Å². The summed E-state index contributed by atoms with van der Waals surface area (Å²) in [5.74, 6) is -0.0258. The summed E-state index contributed by atoms with van der Waals surface area (Å²) in [6.45, 7) is 1.64. The van der Waals surface area contributed by atoms with Crippen LogP contribution in [0.2, 0.25) is 0 Å². The van der Waals surface area contributed by atoms with Crippen LogP contribution in [0.1, 0.15) is 57.8 Å². The zero-order valence-electron chi connectivity index (χ0n) is 20.4. The van der Waals surface area contributed by atoms with E-state index in [1.807, 2.05) is 31.3 Å². The van der Waals surface area contributed by atoms with Crippen LogP contribution in [0.3, 0.4) is 0 Å². The van der Waals surface area contributed by atoms with E-state index in [9.17, 15) is 9.59 Å². The number of benzene rings is 1. The minimum absolute atomic E-state index is 0.111. The first-order chi connectivity index (χ1) is 16.5. The minimum Gasteiger partial charge on any atom is -0.342 e. The van der Waals surface area contributed by atoms with Crippen LogP contribution in [0.5, 0.6) is 0 Å². The molecule has 1 saturated carbocycles. The molecule has 2 aliphatic rings. The number of para-hydroxylation sites is 1. The molecule has 2 fully saturated rings. The molecule has 2 heterocycles. The normalized spacial score (nSPS) is 17.4. The Morgan fingerprint density at radius 2 is 1.82 bits per heavy atom. The lowest BCUT2D eigenvalue weighted by molar-refractivity contribution is -0.141. The van der Waals surface area contributed by atoms with Crippen LogP contribution in [-0.2, 0) is 9.59 Å². The van der Waals surface area contributed by atoms with Gasteiger partial charge in [0.15, 0.2) is 0 Å². The standard InChI is InChI=1S/C15H26N2O3.C11H12N2S/c18-14(16-20)11-13(10-12-6-2-3-7-12)15(19)17-8-4-1-5-9-17;1-13(2)14-10-7-3-5-9-6-4-8-12-11(9)10/h12-13,20H,1-11H2,(H,16,18);3-8H,1-2H3/t13-;/m1./s1. The van der Waals surface area contributed by atoms with E-state index >= 15 is 0 Å². The van der Waals surface area contributed by atoms with Crippen LogP contribution >= 0.6 is 11.9 Å². The maximum Gasteiger partial charge on any atom is 0.244 e. The average Bonchev–Trinajstić information content (AvgIpc) is 3.37. The third-order valence-electron chi connectivity index (χ3n) is 6.54. The van der Waals surface area contributed by atoms with E-state index in [1.54, 1.807) is 17.4 Å². The first-order valence-corrected chi connectivity index (χ1v) is 13.2. The number of fused-ring (bicyclic) bond motifs is 1. The van der Waals surface area contributed by atoms with Gasteiger partial charge in [0.1, 0.15) is 0 Å². The van der Waals surface area contributed by atoms with Gasteiger partial charge in [-0.1, -0.05) is 43.9 Å². The number of likely N-dealkylation sites (tertiary alicyclic amines) is 1. The number of carbonyl (C=O) groups excluding carboxylic acids is 2. The largest absolute Gasteiger partial charge is 0.342 e. The lowest BCUT2D eigenvalue weighted by Gasteiger charge is -2.31. The second-order valence-corrected chi connectivity index (χ2v) is 10.8. The van der Waals surface area contributed by atoms with Gasteiger partial charge < -0.3 is 4.90 Å². The highest BCUT2D eigenvalue weighted by atomic mass is 32.2. The van der Waals surface area contributed by atoms with Gasteiger partial charge in [-0.25, -0.2) is 5.48 Å². The van der Waals surface area contributed by atoms with Crippen LogP contribution in [0.4, 0.5) is 0 Å². The van der Waals surface area contributed by atoms with Gasteiger partial charge in [0.05, 0.1) is 5.52 Å². The van der Waals surface area contributed by atoms with Crippen molar-refractivity contribution in [3.63, 3.8) is 0 Å².